The lowest BCUT2D eigenvalue weighted by atomic mass is 9.79. The predicted molar refractivity (Wildman–Crippen MR) is 121 cm³/mol. The van der Waals surface area contributed by atoms with Crippen LogP contribution in [0, 0.1) is 0 Å². The first kappa shape index (κ1) is 25.8. The Morgan fingerprint density at radius 1 is 1.15 bits per heavy atom. The van der Waals surface area contributed by atoms with Crippen LogP contribution < -0.4 is 10.1 Å². The van der Waals surface area contributed by atoms with Crippen LogP contribution in [-0.4, -0.2) is 24.7 Å². The Morgan fingerprint density at radius 3 is 2.48 bits per heavy atom. The van der Waals surface area contributed by atoms with Crippen molar-refractivity contribution >= 4 is 12.1 Å². The second-order valence-electron chi connectivity index (χ2n) is 7.13. The molecule has 0 aliphatic rings. The van der Waals surface area contributed by atoms with Gasteiger partial charge in [-0.25, -0.2) is 0 Å². The molecule has 2 aromatic rings. The van der Waals surface area contributed by atoms with Crippen LogP contribution in [0.15, 0.2) is 84.0 Å². The lowest BCUT2D eigenvalue weighted by Crippen LogP contribution is -2.50. The Kier molecular flexibility index (Phi) is 9.39. The number of allylic oxidation sites excluding steroid dienone is 2. The zero-order valence-corrected chi connectivity index (χ0v) is 18.4. The molecule has 0 unspecified atom stereocenters. The lowest BCUT2D eigenvalue weighted by molar-refractivity contribution is -0.253. The van der Waals surface area contributed by atoms with Gasteiger partial charge in [0.15, 0.2) is 0 Å². The highest BCUT2D eigenvalue weighted by Crippen LogP contribution is 2.34. The maximum atomic E-state index is 13.6. The minimum Gasteiger partial charge on any atom is -0.428 e. The summed E-state index contributed by atoms with van der Waals surface area (Å²) < 4.78 is 56.8. The molecule has 2 aromatic carbocycles. The van der Waals surface area contributed by atoms with Crippen molar-refractivity contribution in [1.29, 1.82) is 0 Å². The number of alkyl halides is 4. The minimum absolute atomic E-state index is 0.214. The molecule has 2 rings (SSSR count). The summed E-state index contributed by atoms with van der Waals surface area (Å²) in [5, 5.41) is 2.80. The monoisotopic (exact) mass is 462 g/mol. The van der Waals surface area contributed by atoms with Gasteiger partial charge in [-0.1, -0.05) is 61.5 Å². The van der Waals surface area contributed by atoms with Crippen molar-refractivity contribution in [3.63, 3.8) is 0 Å². The second kappa shape index (κ2) is 12.0. The summed E-state index contributed by atoms with van der Waals surface area (Å²) in [6.45, 7) is 3.70. The third-order valence-corrected chi connectivity index (χ3v) is 4.76. The number of hydrogen-bond acceptors (Lipinski definition) is 3. The van der Waals surface area contributed by atoms with Gasteiger partial charge in [-0.3, -0.25) is 9.79 Å². The Labute approximate surface area is 190 Å². The fourth-order valence-electron chi connectivity index (χ4n) is 3.26. The van der Waals surface area contributed by atoms with E-state index >= 15 is 0 Å². The molecule has 0 spiro atoms. The third kappa shape index (κ3) is 6.78. The molecule has 1 N–H and O–H groups in total. The Balaban J connectivity index is 2.73. The van der Waals surface area contributed by atoms with Crippen molar-refractivity contribution in [3.8, 4) is 5.75 Å². The maximum Gasteiger partial charge on any atom is 0.461 e. The number of aliphatic imine (C=N–C) groups is 1. The first-order valence-corrected chi connectivity index (χ1v) is 10.4. The topological polar surface area (TPSA) is 50.7 Å². The SMILES string of the molecule is C/C=C/N=C(\C=C/CC)[C@@](Cc1ccccc1)(NC=O)c1cccc(OC(F)(F)C(F)F)c1. The normalized spacial score (nSPS) is 14.6. The Morgan fingerprint density at radius 2 is 1.88 bits per heavy atom. The number of carbonyl (C=O) groups excluding carboxylic acids is 1. The number of ether oxygens (including phenoxy) is 1. The van der Waals surface area contributed by atoms with E-state index in [4.69, 9.17) is 0 Å². The molecular weight excluding hydrogens is 436 g/mol. The van der Waals surface area contributed by atoms with Gasteiger partial charge in [-0.2, -0.15) is 17.6 Å². The number of nitrogens with zero attached hydrogens (tertiary/aromatic N) is 1. The van der Waals surface area contributed by atoms with Crippen LogP contribution in [-0.2, 0) is 16.8 Å². The van der Waals surface area contributed by atoms with E-state index in [-0.39, 0.29) is 6.42 Å². The van der Waals surface area contributed by atoms with E-state index in [0.29, 0.717) is 24.1 Å². The molecule has 0 radical (unpaired) electrons. The molecule has 176 valence electrons. The van der Waals surface area contributed by atoms with Gasteiger partial charge in [0.2, 0.25) is 6.41 Å². The third-order valence-electron chi connectivity index (χ3n) is 4.76. The summed E-state index contributed by atoms with van der Waals surface area (Å²) >= 11 is 0. The molecule has 0 fully saturated rings. The number of hydrogen-bond donors (Lipinski definition) is 1. The summed E-state index contributed by atoms with van der Waals surface area (Å²) in [6, 6.07) is 14.5. The van der Waals surface area contributed by atoms with Crippen molar-refractivity contribution in [2.75, 3.05) is 0 Å². The van der Waals surface area contributed by atoms with Crippen LogP contribution >= 0.6 is 0 Å². The zero-order valence-electron chi connectivity index (χ0n) is 18.4. The second-order valence-corrected chi connectivity index (χ2v) is 7.13. The van der Waals surface area contributed by atoms with Crippen LogP contribution in [0.25, 0.3) is 0 Å². The number of amides is 1. The predicted octanol–water partition coefficient (Wildman–Crippen LogP) is 6.05. The fourth-order valence-corrected chi connectivity index (χ4v) is 3.26. The molecule has 1 amide bonds. The molecule has 0 aliphatic carbocycles. The molecule has 0 aromatic heterocycles. The van der Waals surface area contributed by atoms with Gasteiger partial charge in [-0.15, -0.1) is 0 Å². The fraction of sp³-hybridized carbons (Fsp3) is 0.280. The van der Waals surface area contributed by atoms with E-state index in [1.807, 2.05) is 43.3 Å². The number of rotatable bonds is 12. The van der Waals surface area contributed by atoms with E-state index in [2.05, 4.69) is 15.0 Å². The summed E-state index contributed by atoms with van der Waals surface area (Å²) in [5.74, 6) is -0.465. The maximum absolute atomic E-state index is 13.6. The van der Waals surface area contributed by atoms with E-state index in [9.17, 15) is 22.4 Å². The first-order chi connectivity index (χ1) is 15.8. The zero-order chi connectivity index (χ0) is 24.3. The molecule has 0 aliphatic heterocycles. The van der Waals surface area contributed by atoms with Crippen molar-refractivity contribution in [2.24, 2.45) is 4.99 Å². The van der Waals surface area contributed by atoms with Crippen LogP contribution in [0.1, 0.15) is 31.4 Å². The highest BCUT2D eigenvalue weighted by molar-refractivity contribution is 6.04. The first-order valence-electron chi connectivity index (χ1n) is 10.4. The van der Waals surface area contributed by atoms with E-state index < -0.39 is 23.8 Å². The van der Waals surface area contributed by atoms with Gasteiger partial charge >= 0.3 is 12.5 Å². The quantitative estimate of drug-likeness (QED) is 0.237. The average Bonchev–Trinajstić information content (AvgIpc) is 2.79. The molecule has 0 heterocycles. The number of nitrogens with one attached hydrogen (secondary N) is 1. The van der Waals surface area contributed by atoms with Gasteiger partial charge in [0.25, 0.3) is 0 Å². The van der Waals surface area contributed by atoms with Crippen molar-refractivity contribution in [3.05, 3.63) is 90.2 Å². The molecule has 4 nitrogen and oxygen atoms in total. The van der Waals surface area contributed by atoms with Crippen LogP contribution in [0.2, 0.25) is 0 Å². The lowest BCUT2D eigenvalue weighted by Gasteiger charge is -2.35. The molecule has 33 heavy (non-hydrogen) atoms. The molecular formula is C25H26F4N2O2. The molecule has 0 saturated carbocycles. The number of halogens is 4. The van der Waals surface area contributed by atoms with E-state index in [0.717, 1.165) is 11.6 Å². The summed E-state index contributed by atoms with van der Waals surface area (Å²) in [5.41, 5.74) is 0.295. The van der Waals surface area contributed by atoms with E-state index in [1.165, 1.54) is 12.1 Å². The van der Waals surface area contributed by atoms with Crippen molar-refractivity contribution in [2.45, 2.75) is 44.8 Å². The standard InChI is InChI=1S/C25H26F4N2O2/c1-3-5-14-22(30-15-4-2)24(31-18-32,17-19-10-7-6-8-11-19)20-12-9-13-21(16-20)33-25(28,29)23(26)27/h4-16,18,23H,3,17H2,1-2H3,(H,31,32)/b14-5-,15-4+,30-22+/t24-/m0/s1. The Bertz CT molecular complexity index is 991. The van der Waals surface area contributed by atoms with Gasteiger partial charge in [0.05, 0.1) is 5.71 Å². The van der Waals surface area contributed by atoms with Crippen LogP contribution in [0.4, 0.5) is 17.6 Å². The number of carbonyl (C=O) groups is 1. The van der Waals surface area contributed by atoms with E-state index in [1.54, 1.807) is 31.3 Å². The summed E-state index contributed by atoms with van der Waals surface area (Å²) in [7, 11) is 0. The molecule has 0 bridgehead atoms. The highest BCUT2D eigenvalue weighted by Gasteiger charge is 2.44. The van der Waals surface area contributed by atoms with Crippen LogP contribution in [0.3, 0.4) is 0 Å². The Hall–Kier alpha value is -3.42. The summed E-state index contributed by atoms with van der Waals surface area (Å²) in [4.78, 5) is 16.3. The summed E-state index contributed by atoms with van der Waals surface area (Å²) in [6.07, 6.45) is -0.433. The van der Waals surface area contributed by atoms with Crippen LogP contribution in [0.5, 0.6) is 5.75 Å². The molecule has 8 heteroatoms. The number of benzene rings is 2. The largest absolute Gasteiger partial charge is 0.461 e. The smallest absolute Gasteiger partial charge is 0.428 e. The average molecular weight is 462 g/mol. The van der Waals surface area contributed by atoms with Gasteiger partial charge in [0, 0.05) is 12.6 Å². The molecule has 1 atom stereocenters. The van der Waals surface area contributed by atoms with Crippen molar-refractivity contribution < 1.29 is 27.1 Å². The van der Waals surface area contributed by atoms with Gasteiger partial charge in [0.1, 0.15) is 11.3 Å². The van der Waals surface area contributed by atoms with Gasteiger partial charge in [-0.05, 0) is 42.7 Å². The molecule has 0 saturated heterocycles. The van der Waals surface area contributed by atoms with Gasteiger partial charge < -0.3 is 10.1 Å². The minimum atomic E-state index is -4.66. The highest BCUT2D eigenvalue weighted by atomic mass is 19.3. The van der Waals surface area contributed by atoms with Crippen molar-refractivity contribution in [1.82, 2.24) is 5.32 Å².